The Balaban J connectivity index is 2.75. The van der Waals surface area contributed by atoms with E-state index in [0.717, 1.165) is 0 Å². The van der Waals surface area contributed by atoms with Crippen molar-refractivity contribution in [3.8, 4) is 0 Å². The largest absolute Gasteiger partial charge is 0.468 e. The third-order valence-electron chi connectivity index (χ3n) is 2.57. The molecule has 0 aliphatic heterocycles. The van der Waals surface area contributed by atoms with Crippen LogP contribution in [0.2, 0.25) is 0 Å². The van der Waals surface area contributed by atoms with Crippen molar-refractivity contribution in [2.45, 2.75) is 39.3 Å². The van der Waals surface area contributed by atoms with Gasteiger partial charge in [-0.05, 0) is 44.7 Å². The van der Waals surface area contributed by atoms with E-state index >= 15 is 0 Å². The molecule has 1 atom stereocenters. The molecule has 0 saturated carbocycles. The predicted molar refractivity (Wildman–Crippen MR) is 66.7 cm³/mol. The second-order valence-electron chi connectivity index (χ2n) is 4.45. The molecule has 0 aromatic carbocycles. The quantitative estimate of drug-likeness (QED) is 0.824. The van der Waals surface area contributed by atoms with Crippen LogP contribution in [0.1, 0.15) is 37.3 Å². The standard InChI is InChI=1S/C12H19NO2S/c1-8-6-7-16-10(8)9(2)13-12(3,4)11(14)15-5/h6-7,9,13H,1-5H3. The van der Waals surface area contributed by atoms with Crippen molar-refractivity contribution in [3.63, 3.8) is 0 Å². The molecular formula is C12H19NO2S. The molecule has 0 bridgehead atoms. The minimum absolute atomic E-state index is 0.147. The van der Waals surface area contributed by atoms with Crippen LogP contribution in [-0.2, 0) is 9.53 Å². The van der Waals surface area contributed by atoms with Crippen molar-refractivity contribution >= 4 is 17.3 Å². The number of ether oxygens (including phenoxy) is 1. The van der Waals surface area contributed by atoms with Crippen molar-refractivity contribution in [1.82, 2.24) is 5.32 Å². The minimum Gasteiger partial charge on any atom is -0.468 e. The van der Waals surface area contributed by atoms with E-state index in [4.69, 9.17) is 4.74 Å². The normalized spacial score (nSPS) is 13.6. The molecule has 0 fully saturated rings. The van der Waals surface area contributed by atoms with Crippen LogP contribution in [0.15, 0.2) is 11.4 Å². The summed E-state index contributed by atoms with van der Waals surface area (Å²) in [5.74, 6) is -0.242. The number of hydrogen-bond donors (Lipinski definition) is 1. The SMILES string of the molecule is COC(=O)C(C)(C)NC(C)c1sccc1C. The molecule has 16 heavy (non-hydrogen) atoms. The molecule has 1 rings (SSSR count). The summed E-state index contributed by atoms with van der Waals surface area (Å²) in [5.41, 5.74) is 0.593. The molecular weight excluding hydrogens is 222 g/mol. The van der Waals surface area contributed by atoms with Gasteiger partial charge in [0.1, 0.15) is 5.54 Å². The number of nitrogens with one attached hydrogen (secondary N) is 1. The molecule has 0 spiro atoms. The molecule has 4 heteroatoms. The molecule has 1 N–H and O–H groups in total. The Bertz CT molecular complexity index is 371. The second kappa shape index (κ2) is 4.97. The van der Waals surface area contributed by atoms with Gasteiger partial charge in [0.15, 0.2) is 0 Å². The van der Waals surface area contributed by atoms with Crippen LogP contribution in [0.25, 0.3) is 0 Å². The lowest BCUT2D eigenvalue weighted by Crippen LogP contribution is -2.48. The van der Waals surface area contributed by atoms with Gasteiger partial charge in [-0.25, -0.2) is 0 Å². The van der Waals surface area contributed by atoms with Crippen LogP contribution in [0.3, 0.4) is 0 Å². The van der Waals surface area contributed by atoms with Crippen LogP contribution in [0, 0.1) is 6.92 Å². The maximum atomic E-state index is 11.5. The number of methoxy groups -OCH3 is 1. The van der Waals surface area contributed by atoms with Gasteiger partial charge >= 0.3 is 5.97 Å². The van der Waals surface area contributed by atoms with Gasteiger partial charge in [-0.3, -0.25) is 10.1 Å². The minimum atomic E-state index is -0.662. The molecule has 90 valence electrons. The lowest BCUT2D eigenvalue weighted by Gasteiger charge is -2.27. The van der Waals surface area contributed by atoms with Crippen LogP contribution < -0.4 is 5.32 Å². The molecule has 1 unspecified atom stereocenters. The van der Waals surface area contributed by atoms with Crippen LogP contribution >= 0.6 is 11.3 Å². The molecule has 0 aliphatic rings. The van der Waals surface area contributed by atoms with Gasteiger partial charge < -0.3 is 4.74 Å². The maximum absolute atomic E-state index is 11.5. The molecule has 1 heterocycles. The van der Waals surface area contributed by atoms with Gasteiger partial charge in [-0.15, -0.1) is 11.3 Å². The van der Waals surface area contributed by atoms with Crippen LogP contribution in [0.4, 0.5) is 0 Å². The highest BCUT2D eigenvalue weighted by atomic mass is 32.1. The van der Waals surface area contributed by atoms with E-state index in [1.807, 2.05) is 13.8 Å². The van der Waals surface area contributed by atoms with Crippen molar-refractivity contribution in [2.75, 3.05) is 7.11 Å². The van der Waals surface area contributed by atoms with E-state index in [0.29, 0.717) is 0 Å². The number of carbonyl (C=O) groups excluding carboxylic acids is 1. The Labute approximate surface area is 101 Å². The van der Waals surface area contributed by atoms with Crippen molar-refractivity contribution in [1.29, 1.82) is 0 Å². The monoisotopic (exact) mass is 241 g/mol. The molecule has 0 radical (unpaired) electrons. The first-order chi connectivity index (χ1) is 7.38. The number of esters is 1. The Morgan fingerprint density at radius 2 is 2.19 bits per heavy atom. The van der Waals surface area contributed by atoms with Gasteiger partial charge in [-0.1, -0.05) is 0 Å². The molecule has 3 nitrogen and oxygen atoms in total. The second-order valence-corrected chi connectivity index (χ2v) is 5.40. The summed E-state index contributed by atoms with van der Waals surface area (Å²) in [4.78, 5) is 12.8. The first-order valence-corrected chi connectivity index (χ1v) is 6.16. The van der Waals surface area contributed by atoms with Crippen LogP contribution in [0.5, 0.6) is 0 Å². The molecule has 0 amide bonds. The van der Waals surface area contributed by atoms with Gasteiger partial charge in [0.05, 0.1) is 7.11 Å². The van der Waals surface area contributed by atoms with E-state index in [2.05, 4.69) is 30.6 Å². The predicted octanol–water partition coefficient (Wildman–Crippen LogP) is 2.66. The van der Waals surface area contributed by atoms with E-state index in [9.17, 15) is 4.79 Å². The van der Waals surface area contributed by atoms with Gasteiger partial charge in [0, 0.05) is 10.9 Å². The summed E-state index contributed by atoms with van der Waals surface area (Å²) in [6, 6.07) is 2.23. The fourth-order valence-corrected chi connectivity index (χ4v) is 2.68. The van der Waals surface area contributed by atoms with E-state index in [-0.39, 0.29) is 12.0 Å². The lowest BCUT2D eigenvalue weighted by molar-refractivity contribution is -0.147. The lowest BCUT2D eigenvalue weighted by atomic mass is 10.0. The van der Waals surface area contributed by atoms with Gasteiger partial charge in [0.25, 0.3) is 0 Å². The zero-order chi connectivity index (χ0) is 12.3. The van der Waals surface area contributed by atoms with Crippen molar-refractivity contribution in [3.05, 3.63) is 21.9 Å². The Morgan fingerprint density at radius 1 is 1.56 bits per heavy atom. The summed E-state index contributed by atoms with van der Waals surface area (Å²) in [7, 11) is 1.41. The topological polar surface area (TPSA) is 38.3 Å². The number of rotatable bonds is 4. The average Bonchev–Trinajstić information content (AvgIpc) is 2.62. The van der Waals surface area contributed by atoms with E-state index in [1.54, 1.807) is 11.3 Å². The number of aryl methyl sites for hydroxylation is 1. The zero-order valence-electron chi connectivity index (χ0n) is 10.5. The highest BCUT2D eigenvalue weighted by molar-refractivity contribution is 7.10. The third kappa shape index (κ3) is 2.83. The molecule has 1 aromatic heterocycles. The Kier molecular flexibility index (Phi) is 4.10. The molecule has 0 saturated heterocycles. The summed E-state index contributed by atoms with van der Waals surface area (Å²) >= 11 is 1.70. The number of thiophene rings is 1. The highest BCUT2D eigenvalue weighted by Crippen LogP contribution is 2.25. The summed E-state index contributed by atoms with van der Waals surface area (Å²) in [5, 5.41) is 5.35. The fraction of sp³-hybridized carbons (Fsp3) is 0.583. The van der Waals surface area contributed by atoms with E-state index in [1.165, 1.54) is 17.6 Å². The summed E-state index contributed by atoms with van der Waals surface area (Å²) in [6.07, 6.45) is 0. The molecule has 0 aliphatic carbocycles. The fourth-order valence-electron chi connectivity index (χ4n) is 1.75. The Hall–Kier alpha value is -0.870. The third-order valence-corrected chi connectivity index (χ3v) is 3.77. The first-order valence-electron chi connectivity index (χ1n) is 5.28. The smallest absolute Gasteiger partial charge is 0.325 e. The summed E-state index contributed by atoms with van der Waals surface area (Å²) < 4.78 is 4.77. The van der Waals surface area contributed by atoms with Gasteiger partial charge in [-0.2, -0.15) is 0 Å². The Morgan fingerprint density at radius 3 is 2.62 bits per heavy atom. The average molecular weight is 241 g/mol. The zero-order valence-corrected chi connectivity index (χ0v) is 11.3. The first kappa shape index (κ1) is 13.2. The molecule has 1 aromatic rings. The van der Waals surface area contributed by atoms with Gasteiger partial charge in [0.2, 0.25) is 0 Å². The van der Waals surface area contributed by atoms with E-state index < -0.39 is 5.54 Å². The van der Waals surface area contributed by atoms with Crippen LogP contribution in [-0.4, -0.2) is 18.6 Å². The number of carbonyl (C=O) groups is 1. The summed E-state index contributed by atoms with van der Waals surface area (Å²) in [6.45, 7) is 7.80. The number of hydrogen-bond acceptors (Lipinski definition) is 4. The highest BCUT2D eigenvalue weighted by Gasteiger charge is 2.30. The van der Waals surface area contributed by atoms with Crippen molar-refractivity contribution in [2.24, 2.45) is 0 Å². The van der Waals surface area contributed by atoms with Crippen molar-refractivity contribution < 1.29 is 9.53 Å². The maximum Gasteiger partial charge on any atom is 0.325 e.